The minimum absolute atomic E-state index is 0.106. The smallest absolute Gasteiger partial charge is 0.411 e. The van der Waals surface area contributed by atoms with Crippen LogP contribution in [0.5, 0.6) is 5.75 Å². The first kappa shape index (κ1) is 24.1. The van der Waals surface area contributed by atoms with Crippen molar-refractivity contribution < 1.29 is 32.2 Å². The number of anilines is 2. The molecule has 11 heteroatoms. The summed E-state index contributed by atoms with van der Waals surface area (Å²) < 4.78 is 41.0. The average molecular weight is 452 g/mol. The van der Waals surface area contributed by atoms with Gasteiger partial charge in [0.1, 0.15) is 17.3 Å². The third-order valence-electron chi connectivity index (χ3n) is 4.07. The third kappa shape index (κ3) is 6.41. The van der Waals surface area contributed by atoms with Crippen LogP contribution in [0.1, 0.15) is 10.4 Å². The number of ether oxygens (including phenoxy) is 3. The number of nitrogens with one attached hydrogen (secondary N) is 2. The Balaban J connectivity index is 2.18. The lowest BCUT2D eigenvalue weighted by Gasteiger charge is -2.15. The van der Waals surface area contributed by atoms with Crippen LogP contribution in [0.2, 0.25) is 0 Å². The van der Waals surface area contributed by atoms with Crippen LogP contribution in [0.25, 0.3) is 0 Å². The molecule has 0 saturated carbocycles. The normalized spacial score (nSPS) is 11.1. The van der Waals surface area contributed by atoms with Crippen LogP contribution < -0.4 is 15.4 Å². The van der Waals surface area contributed by atoms with Crippen molar-refractivity contribution in [3.05, 3.63) is 48.0 Å². The summed E-state index contributed by atoms with van der Waals surface area (Å²) in [4.78, 5) is 24.3. The molecule has 0 aliphatic carbocycles. The summed E-state index contributed by atoms with van der Waals surface area (Å²) in [5, 5.41) is 5.21. The Kier molecular flexibility index (Phi) is 8.37. The summed E-state index contributed by atoms with van der Waals surface area (Å²) in [5.74, 6) is -0.402. The summed E-state index contributed by atoms with van der Waals surface area (Å²) in [6, 6.07) is 10.5. The number of hydrogen-bond donors (Lipinski definition) is 2. The Morgan fingerprint density at radius 2 is 1.65 bits per heavy atom. The first-order valence-electron chi connectivity index (χ1n) is 9.13. The molecular weight excluding hydrogens is 426 g/mol. The number of sulfonamides is 1. The van der Waals surface area contributed by atoms with Gasteiger partial charge in [-0.25, -0.2) is 17.5 Å². The number of benzene rings is 2. The van der Waals surface area contributed by atoms with Crippen LogP contribution in [0, 0.1) is 0 Å². The molecule has 0 heterocycles. The lowest BCUT2D eigenvalue weighted by molar-refractivity contribution is 0.102. The third-order valence-corrected chi connectivity index (χ3v) is 5.91. The van der Waals surface area contributed by atoms with E-state index in [9.17, 15) is 18.0 Å². The summed E-state index contributed by atoms with van der Waals surface area (Å²) in [6.45, 7) is 0.380. The minimum Gasteiger partial charge on any atom is -0.495 e. The summed E-state index contributed by atoms with van der Waals surface area (Å²) in [7, 11) is 1.80. The number of amides is 2. The molecule has 2 aromatic rings. The highest BCUT2D eigenvalue weighted by atomic mass is 32.2. The summed E-state index contributed by atoms with van der Waals surface area (Å²) in [6.07, 6.45) is -0.658. The van der Waals surface area contributed by atoms with Gasteiger partial charge >= 0.3 is 6.09 Å². The van der Waals surface area contributed by atoms with Crippen LogP contribution in [0.3, 0.4) is 0 Å². The SMILES string of the molecule is COCCOC(=O)Nc1cccc(NC(=O)c2ccc(OC)c(S(=O)(=O)N(C)C)c2)c1. The zero-order chi connectivity index (χ0) is 23.0. The van der Waals surface area contributed by atoms with Crippen molar-refractivity contribution in [1.82, 2.24) is 4.31 Å². The van der Waals surface area contributed by atoms with Crippen LogP contribution in [-0.4, -0.2) is 66.3 Å². The molecule has 31 heavy (non-hydrogen) atoms. The Hall–Kier alpha value is -3.15. The number of rotatable bonds is 9. The lowest BCUT2D eigenvalue weighted by atomic mass is 10.2. The standard InChI is InChI=1S/C20H25N3O7S/c1-23(2)31(26,27)18-12-14(8-9-17(18)29-4)19(24)21-15-6-5-7-16(13-15)22-20(25)30-11-10-28-3/h5-9,12-13H,10-11H2,1-4H3,(H,21,24)(H,22,25). The van der Waals surface area contributed by atoms with Gasteiger partial charge in [0.05, 0.1) is 13.7 Å². The van der Waals surface area contributed by atoms with Crippen LogP contribution in [0.15, 0.2) is 47.4 Å². The van der Waals surface area contributed by atoms with Gasteiger partial charge in [0.15, 0.2) is 0 Å². The van der Waals surface area contributed by atoms with Crippen molar-refractivity contribution in [3.8, 4) is 5.75 Å². The molecule has 0 aliphatic rings. The number of carbonyl (C=O) groups is 2. The fourth-order valence-corrected chi connectivity index (χ4v) is 3.54. The Bertz CT molecular complexity index is 1040. The van der Waals surface area contributed by atoms with Crippen molar-refractivity contribution in [2.45, 2.75) is 4.90 Å². The van der Waals surface area contributed by atoms with E-state index < -0.39 is 22.0 Å². The second-order valence-corrected chi connectivity index (χ2v) is 8.56. The average Bonchev–Trinajstić information content (AvgIpc) is 2.73. The maximum atomic E-state index is 12.7. The minimum atomic E-state index is -3.82. The highest BCUT2D eigenvalue weighted by Gasteiger charge is 2.24. The van der Waals surface area contributed by atoms with E-state index in [2.05, 4.69) is 10.6 Å². The van der Waals surface area contributed by atoms with Gasteiger partial charge in [-0.3, -0.25) is 10.1 Å². The molecule has 0 aliphatic heterocycles. The highest BCUT2D eigenvalue weighted by molar-refractivity contribution is 7.89. The van der Waals surface area contributed by atoms with Gasteiger partial charge in [0.2, 0.25) is 10.0 Å². The van der Waals surface area contributed by atoms with E-state index in [1.165, 1.54) is 52.6 Å². The van der Waals surface area contributed by atoms with E-state index in [0.717, 1.165) is 4.31 Å². The maximum absolute atomic E-state index is 12.7. The molecule has 10 nitrogen and oxygen atoms in total. The Morgan fingerprint density at radius 3 is 2.26 bits per heavy atom. The maximum Gasteiger partial charge on any atom is 0.411 e. The Labute approximate surface area is 181 Å². The summed E-state index contributed by atoms with van der Waals surface area (Å²) in [5.41, 5.74) is 0.928. The van der Waals surface area contributed by atoms with Gasteiger partial charge in [-0.2, -0.15) is 0 Å². The van der Waals surface area contributed by atoms with E-state index in [-0.39, 0.29) is 29.4 Å². The van der Waals surface area contributed by atoms with E-state index in [1.54, 1.807) is 18.2 Å². The zero-order valence-electron chi connectivity index (χ0n) is 17.7. The highest BCUT2D eigenvalue weighted by Crippen LogP contribution is 2.27. The second-order valence-electron chi connectivity index (χ2n) is 6.44. The molecule has 2 N–H and O–H groups in total. The molecule has 2 aromatic carbocycles. The van der Waals surface area contributed by atoms with Crippen LogP contribution in [0.4, 0.5) is 16.2 Å². The molecule has 0 atom stereocenters. The molecule has 2 rings (SSSR count). The van der Waals surface area contributed by atoms with Gasteiger partial charge in [-0.05, 0) is 36.4 Å². The predicted octanol–water partition coefficient (Wildman–Crippen LogP) is 2.39. The molecule has 0 unspecified atom stereocenters. The number of carbonyl (C=O) groups excluding carboxylic acids is 2. The number of hydrogen-bond acceptors (Lipinski definition) is 7. The molecule has 0 fully saturated rings. The van der Waals surface area contributed by atoms with E-state index in [4.69, 9.17) is 14.2 Å². The lowest BCUT2D eigenvalue weighted by Crippen LogP contribution is -2.23. The molecule has 168 valence electrons. The van der Waals surface area contributed by atoms with Gasteiger partial charge in [-0.15, -0.1) is 0 Å². The van der Waals surface area contributed by atoms with E-state index >= 15 is 0 Å². The fraction of sp³-hybridized carbons (Fsp3) is 0.300. The monoisotopic (exact) mass is 451 g/mol. The van der Waals surface area contributed by atoms with Gasteiger partial charge in [-0.1, -0.05) is 6.07 Å². The first-order chi connectivity index (χ1) is 14.7. The van der Waals surface area contributed by atoms with Gasteiger partial charge in [0.25, 0.3) is 5.91 Å². The van der Waals surface area contributed by atoms with Crippen molar-refractivity contribution in [3.63, 3.8) is 0 Å². The Morgan fingerprint density at radius 1 is 0.968 bits per heavy atom. The molecule has 0 bridgehead atoms. The van der Waals surface area contributed by atoms with Crippen LogP contribution in [-0.2, 0) is 19.5 Å². The van der Waals surface area contributed by atoms with Gasteiger partial charge in [0, 0.05) is 38.1 Å². The van der Waals surface area contributed by atoms with E-state index in [1.807, 2.05) is 0 Å². The molecule has 0 saturated heterocycles. The van der Waals surface area contributed by atoms with Crippen molar-refractivity contribution in [2.75, 3.05) is 52.2 Å². The van der Waals surface area contributed by atoms with E-state index in [0.29, 0.717) is 11.4 Å². The largest absolute Gasteiger partial charge is 0.495 e. The fourth-order valence-electron chi connectivity index (χ4n) is 2.47. The summed E-state index contributed by atoms with van der Waals surface area (Å²) >= 11 is 0. The quantitative estimate of drug-likeness (QED) is 0.561. The van der Waals surface area contributed by atoms with Crippen molar-refractivity contribution in [2.24, 2.45) is 0 Å². The van der Waals surface area contributed by atoms with Gasteiger partial charge < -0.3 is 19.5 Å². The molecule has 0 spiro atoms. The molecule has 0 aromatic heterocycles. The van der Waals surface area contributed by atoms with Crippen molar-refractivity contribution in [1.29, 1.82) is 0 Å². The van der Waals surface area contributed by atoms with Crippen molar-refractivity contribution >= 4 is 33.4 Å². The second kappa shape index (κ2) is 10.8. The predicted molar refractivity (Wildman–Crippen MR) is 115 cm³/mol. The zero-order valence-corrected chi connectivity index (χ0v) is 18.5. The molecular formula is C20H25N3O7S. The topological polar surface area (TPSA) is 123 Å². The molecule has 0 radical (unpaired) electrons. The number of nitrogens with zero attached hydrogens (tertiary/aromatic N) is 1. The van der Waals surface area contributed by atoms with Crippen LogP contribution >= 0.6 is 0 Å². The molecule has 2 amide bonds. The number of methoxy groups -OCH3 is 2. The first-order valence-corrected chi connectivity index (χ1v) is 10.6.